The molecule has 6 heteroatoms. The monoisotopic (exact) mass is 310 g/mol. The Kier molecular flexibility index (Phi) is 4.90. The Labute approximate surface area is 126 Å². The molecule has 0 heterocycles. The highest BCUT2D eigenvalue weighted by molar-refractivity contribution is 7.89. The highest BCUT2D eigenvalue weighted by Gasteiger charge is 2.20. The molecule has 0 unspecified atom stereocenters. The number of rotatable bonds is 6. The fraction of sp³-hybridized carbons (Fsp3) is 0.467. The Morgan fingerprint density at radius 2 is 2.14 bits per heavy atom. The number of allylic oxidation sites excluding steroid dienone is 1. The Morgan fingerprint density at radius 3 is 2.76 bits per heavy atom. The van der Waals surface area contributed by atoms with Crippen LogP contribution in [0, 0.1) is 6.92 Å². The summed E-state index contributed by atoms with van der Waals surface area (Å²) in [5.74, 6) is 0.314. The molecule has 3 N–H and O–H groups in total. The maximum atomic E-state index is 12.4. The van der Waals surface area contributed by atoms with Gasteiger partial charge in [-0.15, -0.1) is 0 Å². The summed E-state index contributed by atoms with van der Waals surface area (Å²) in [6.45, 7) is 2.21. The summed E-state index contributed by atoms with van der Waals surface area (Å²) in [7, 11) is -2.16. The van der Waals surface area contributed by atoms with E-state index in [1.54, 1.807) is 6.07 Å². The molecule has 1 aromatic carbocycles. The van der Waals surface area contributed by atoms with Crippen molar-refractivity contribution in [3.63, 3.8) is 0 Å². The minimum absolute atomic E-state index is 0.0912. The van der Waals surface area contributed by atoms with Gasteiger partial charge in [0.2, 0.25) is 10.0 Å². The van der Waals surface area contributed by atoms with Gasteiger partial charge in [0.15, 0.2) is 0 Å². The third kappa shape index (κ3) is 3.77. The zero-order chi connectivity index (χ0) is 15.5. The molecular weight excluding hydrogens is 288 g/mol. The summed E-state index contributed by atoms with van der Waals surface area (Å²) in [6.07, 6.45) is 6.29. The first kappa shape index (κ1) is 15.9. The van der Waals surface area contributed by atoms with Crippen LogP contribution >= 0.6 is 0 Å². The van der Waals surface area contributed by atoms with Gasteiger partial charge in [-0.2, -0.15) is 0 Å². The van der Waals surface area contributed by atoms with E-state index in [9.17, 15) is 8.42 Å². The van der Waals surface area contributed by atoms with Crippen LogP contribution in [0.15, 0.2) is 28.7 Å². The second kappa shape index (κ2) is 6.49. The van der Waals surface area contributed by atoms with Crippen molar-refractivity contribution in [3.8, 4) is 5.75 Å². The number of methoxy groups -OCH3 is 1. The lowest BCUT2D eigenvalue weighted by Gasteiger charge is -2.13. The van der Waals surface area contributed by atoms with Gasteiger partial charge in [0.25, 0.3) is 0 Å². The third-order valence-corrected chi connectivity index (χ3v) is 5.20. The molecule has 0 fully saturated rings. The Hall–Kier alpha value is -1.53. The topological polar surface area (TPSA) is 81.4 Å². The van der Waals surface area contributed by atoms with Crippen molar-refractivity contribution in [2.24, 2.45) is 0 Å². The van der Waals surface area contributed by atoms with Gasteiger partial charge in [-0.3, -0.25) is 0 Å². The summed E-state index contributed by atoms with van der Waals surface area (Å²) in [6, 6.07) is 3.09. The standard InChI is InChI=1S/C15H22N2O3S/c1-11-9-14(20-2)15(10-13(11)16)21(18,19)17-8-7-12-5-3-4-6-12/h5,9-10,17H,3-4,6-8,16H2,1-2H3. The van der Waals surface area contributed by atoms with Crippen LogP contribution in [0.1, 0.15) is 31.2 Å². The fourth-order valence-corrected chi connectivity index (χ4v) is 3.65. The zero-order valence-corrected chi connectivity index (χ0v) is 13.3. The molecule has 2 rings (SSSR count). The van der Waals surface area contributed by atoms with Crippen molar-refractivity contribution in [2.45, 2.75) is 37.5 Å². The number of aryl methyl sites for hydroxylation is 1. The average molecular weight is 310 g/mol. The molecule has 21 heavy (non-hydrogen) atoms. The maximum absolute atomic E-state index is 12.4. The van der Waals surface area contributed by atoms with Crippen LogP contribution in [0.4, 0.5) is 5.69 Å². The number of sulfonamides is 1. The molecule has 0 amide bonds. The first-order chi connectivity index (χ1) is 9.94. The molecule has 0 spiro atoms. The highest BCUT2D eigenvalue weighted by atomic mass is 32.2. The lowest BCUT2D eigenvalue weighted by molar-refractivity contribution is 0.402. The summed E-state index contributed by atoms with van der Waals surface area (Å²) >= 11 is 0. The van der Waals surface area contributed by atoms with Gasteiger partial charge in [0, 0.05) is 12.2 Å². The summed E-state index contributed by atoms with van der Waals surface area (Å²) in [4.78, 5) is 0.0912. The summed E-state index contributed by atoms with van der Waals surface area (Å²) < 4.78 is 32.5. The average Bonchev–Trinajstić information content (AvgIpc) is 2.94. The Bertz CT molecular complexity index is 651. The van der Waals surface area contributed by atoms with Crippen LogP contribution < -0.4 is 15.2 Å². The van der Waals surface area contributed by atoms with E-state index in [-0.39, 0.29) is 4.90 Å². The predicted octanol–water partition coefficient (Wildman–Crippen LogP) is 2.36. The van der Waals surface area contributed by atoms with E-state index in [1.165, 1.54) is 25.2 Å². The van der Waals surface area contributed by atoms with Gasteiger partial charge in [-0.25, -0.2) is 13.1 Å². The van der Waals surface area contributed by atoms with Crippen LogP contribution in [0.5, 0.6) is 5.75 Å². The quantitative estimate of drug-likeness (QED) is 0.624. The number of hydrogen-bond acceptors (Lipinski definition) is 4. The smallest absolute Gasteiger partial charge is 0.244 e. The molecule has 0 radical (unpaired) electrons. The largest absolute Gasteiger partial charge is 0.495 e. The molecule has 116 valence electrons. The van der Waals surface area contributed by atoms with E-state index in [0.717, 1.165) is 24.8 Å². The van der Waals surface area contributed by atoms with E-state index in [1.807, 2.05) is 6.92 Å². The minimum atomic E-state index is -3.62. The molecular formula is C15H22N2O3S. The molecule has 1 aromatic rings. The molecule has 0 aliphatic heterocycles. The first-order valence-electron chi connectivity index (χ1n) is 7.05. The van der Waals surface area contributed by atoms with Crippen molar-refractivity contribution in [1.82, 2.24) is 4.72 Å². The number of hydrogen-bond donors (Lipinski definition) is 2. The lowest BCUT2D eigenvalue weighted by Crippen LogP contribution is -2.25. The molecule has 0 saturated heterocycles. The number of ether oxygens (including phenoxy) is 1. The van der Waals surface area contributed by atoms with Crippen molar-refractivity contribution in [1.29, 1.82) is 0 Å². The van der Waals surface area contributed by atoms with Crippen molar-refractivity contribution >= 4 is 15.7 Å². The van der Waals surface area contributed by atoms with Gasteiger partial charge in [-0.1, -0.05) is 11.6 Å². The third-order valence-electron chi connectivity index (χ3n) is 3.72. The normalized spacial score (nSPS) is 15.0. The molecule has 0 aromatic heterocycles. The van der Waals surface area contributed by atoms with Crippen LogP contribution in [-0.2, 0) is 10.0 Å². The summed E-state index contributed by atoms with van der Waals surface area (Å²) in [5.41, 5.74) is 8.37. The number of nitrogens with two attached hydrogens (primary N) is 1. The van der Waals surface area contributed by atoms with E-state index >= 15 is 0 Å². The number of nitrogens with one attached hydrogen (secondary N) is 1. The minimum Gasteiger partial charge on any atom is -0.495 e. The Balaban J connectivity index is 2.13. The zero-order valence-electron chi connectivity index (χ0n) is 12.5. The van der Waals surface area contributed by atoms with E-state index < -0.39 is 10.0 Å². The second-order valence-corrected chi connectivity index (χ2v) is 7.00. The number of benzene rings is 1. The van der Waals surface area contributed by atoms with Crippen LogP contribution in [0.3, 0.4) is 0 Å². The van der Waals surface area contributed by atoms with Gasteiger partial charge in [0.1, 0.15) is 10.6 Å². The predicted molar refractivity (Wildman–Crippen MR) is 83.9 cm³/mol. The maximum Gasteiger partial charge on any atom is 0.244 e. The molecule has 1 aliphatic carbocycles. The van der Waals surface area contributed by atoms with E-state index in [4.69, 9.17) is 10.5 Å². The van der Waals surface area contributed by atoms with Crippen molar-refractivity contribution in [3.05, 3.63) is 29.3 Å². The van der Waals surface area contributed by atoms with Crippen molar-refractivity contribution < 1.29 is 13.2 Å². The molecule has 0 saturated carbocycles. The van der Waals surface area contributed by atoms with Gasteiger partial charge >= 0.3 is 0 Å². The first-order valence-corrected chi connectivity index (χ1v) is 8.54. The van der Waals surface area contributed by atoms with Crippen LogP contribution in [0.2, 0.25) is 0 Å². The summed E-state index contributed by atoms with van der Waals surface area (Å²) in [5, 5.41) is 0. The van der Waals surface area contributed by atoms with Gasteiger partial charge < -0.3 is 10.5 Å². The lowest BCUT2D eigenvalue weighted by atomic mass is 10.2. The van der Waals surface area contributed by atoms with Crippen LogP contribution in [0.25, 0.3) is 0 Å². The molecule has 1 aliphatic rings. The SMILES string of the molecule is COc1cc(C)c(N)cc1S(=O)(=O)NCCC1=CCCC1. The molecule has 0 atom stereocenters. The van der Waals surface area contributed by atoms with E-state index in [0.29, 0.717) is 18.0 Å². The highest BCUT2D eigenvalue weighted by Crippen LogP contribution is 2.29. The second-order valence-electron chi connectivity index (χ2n) is 5.26. The van der Waals surface area contributed by atoms with Gasteiger partial charge in [0.05, 0.1) is 7.11 Å². The fourth-order valence-electron chi connectivity index (χ4n) is 2.43. The van der Waals surface area contributed by atoms with Crippen molar-refractivity contribution in [2.75, 3.05) is 19.4 Å². The Morgan fingerprint density at radius 1 is 1.38 bits per heavy atom. The van der Waals surface area contributed by atoms with Crippen LogP contribution in [-0.4, -0.2) is 22.1 Å². The number of anilines is 1. The van der Waals surface area contributed by atoms with E-state index in [2.05, 4.69) is 10.8 Å². The molecule has 0 bridgehead atoms. The molecule has 5 nitrogen and oxygen atoms in total. The van der Waals surface area contributed by atoms with Gasteiger partial charge in [-0.05, 0) is 50.3 Å². The number of nitrogen functional groups attached to an aromatic ring is 1.